The highest BCUT2D eigenvalue weighted by atomic mass is 16.5. The summed E-state index contributed by atoms with van der Waals surface area (Å²) in [6.07, 6.45) is 25.7. The summed E-state index contributed by atoms with van der Waals surface area (Å²) in [5.41, 5.74) is 0. The summed E-state index contributed by atoms with van der Waals surface area (Å²) in [5, 5.41) is 0. The second-order valence-electron chi connectivity index (χ2n) is 11.1. The van der Waals surface area contributed by atoms with Gasteiger partial charge in [0.15, 0.2) is 0 Å². The Labute approximate surface area is 169 Å². The van der Waals surface area contributed by atoms with Crippen LogP contribution in [0.4, 0.5) is 0 Å². The highest BCUT2D eigenvalue weighted by molar-refractivity contribution is 4.83. The Hall–Kier alpha value is -0.0400. The zero-order valence-electron chi connectivity index (χ0n) is 18.2. The quantitative estimate of drug-likeness (QED) is 0.477. The van der Waals surface area contributed by atoms with Gasteiger partial charge in [0.2, 0.25) is 0 Å². The van der Waals surface area contributed by atoms with Gasteiger partial charge in [-0.05, 0) is 99.7 Å². The van der Waals surface area contributed by atoms with Crippen LogP contribution in [0.5, 0.6) is 0 Å². The van der Waals surface area contributed by atoms with E-state index in [1.54, 1.807) is 0 Å². The van der Waals surface area contributed by atoms with Crippen LogP contribution in [-0.2, 0) is 4.74 Å². The third-order valence-corrected chi connectivity index (χ3v) is 9.22. The SMILES string of the molecule is CC1CCC(C2CCC(COC3CCC(C4CCCCC4)CC3)CC2)CC1. The molecule has 4 saturated carbocycles. The molecule has 1 nitrogen and oxygen atoms in total. The molecular formula is C26H46O. The van der Waals surface area contributed by atoms with E-state index in [9.17, 15) is 0 Å². The third kappa shape index (κ3) is 5.74. The maximum atomic E-state index is 6.45. The van der Waals surface area contributed by atoms with E-state index in [0.29, 0.717) is 6.10 Å². The van der Waals surface area contributed by atoms with Gasteiger partial charge in [-0.15, -0.1) is 0 Å². The average Bonchev–Trinajstić information content (AvgIpc) is 2.74. The molecule has 0 atom stereocenters. The van der Waals surface area contributed by atoms with E-state index >= 15 is 0 Å². The molecule has 4 aliphatic rings. The summed E-state index contributed by atoms with van der Waals surface area (Å²) in [6.45, 7) is 3.53. The van der Waals surface area contributed by atoms with Gasteiger partial charge in [-0.1, -0.05) is 51.9 Å². The molecule has 0 spiro atoms. The van der Waals surface area contributed by atoms with E-state index in [2.05, 4.69) is 6.92 Å². The zero-order valence-corrected chi connectivity index (χ0v) is 18.2. The molecule has 0 aromatic rings. The maximum Gasteiger partial charge on any atom is 0.0575 e. The van der Waals surface area contributed by atoms with Gasteiger partial charge in [0.1, 0.15) is 0 Å². The van der Waals surface area contributed by atoms with Gasteiger partial charge in [0.05, 0.1) is 6.10 Å². The Kier molecular flexibility index (Phi) is 7.59. The van der Waals surface area contributed by atoms with Crippen LogP contribution in [0.25, 0.3) is 0 Å². The Morgan fingerprint density at radius 3 is 1.59 bits per heavy atom. The highest BCUT2D eigenvalue weighted by Gasteiger charge is 2.32. The molecule has 4 rings (SSSR count). The lowest BCUT2D eigenvalue weighted by molar-refractivity contribution is -0.0185. The van der Waals surface area contributed by atoms with Crippen molar-refractivity contribution >= 4 is 0 Å². The predicted molar refractivity (Wildman–Crippen MR) is 115 cm³/mol. The van der Waals surface area contributed by atoms with E-state index in [4.69, 9.17) is 4.74 Å². The summed E-state index contributed by atoms with van der Waals surface area (Å²) in [5.74, 6) is 6.10. The minimum Gasteiger partial charge on any atom is -0.378 e. The second kappa shape index (κ2) is 10.1. The monoisotopic (exact) mass is 374 g/mol. The van der Waals surface area contributed by atoms with Gasteiger partial charge in [-0.2, -0.15) is 0 Å². The van der Waals surface area contributed by atoms with Crippen molar-refractivity contribution in [2.75, 3.05) is 6.61 Å². The van der Waals surface area contributed by atoms with Crippen LogP contribution in [0.2, 0.25) is 0 Å². The highest BCUT2D eigenvalue weighted by Crippen LogP contribution is 2.42. The lowest BCUT2D eigenvalue weighted by Gasteiger charge is -2.38. The molecule has 4 aliphatic carbocycles. The van der Waals surface area contributed by atoms with Crippen LogP contribution in [-0.4, -0.2) is 12.7 Å². The van der Waals surface area contributed by atoms with Gasteiger partial charge in [0.25, 0.3) is 0 Å². The first kappa shape index (κ1) is 20.2. The number of hydrogen-bond acceptors (Lipinski definition) is 1. The Balaban J connectivity index is 1.10. The van der Waals surface area contributed by atoms with Crippen LogP contribution in [0, 0.1) is 35.5 Å². The van der Waals surface area contributed by atoms with E-state index in [1.807, 2.05) is 0 Å². The van der Waals surface area contributed by atoms with Crippen molar-refractivity contribution in [3.05, 3.63) is 0 Å². The molecule has 0 N–H and O–H groups in total. The van der Waals surface area contributed by atoms with Crippen LogP contribution in [0.15, 0.2) is 0 Å². The average molecular weight is 375 g/mol. The van der Waals surface area contributed by atoms with Gasteiger partial charge < -0.3 is 4.74 Å². The standard InChI is InChI=1S/C26H46O/c1-20-7-11-23(12-8-20)24-13-9-21(10-14-24)19-27-26-17-15-25(16-18-26)22-5-3-2-4-6-22/h20-26H,2-19H2,1H3. The van der Waals surface area contributed by atoms with E-state index in [0.717, 1.165) is 42.1 Å². The molecule has 0 unspecified atom stereocenters. The first-order valence-electron chi connectivity index (χ1n) is 12.9. The minimum atomic E-state index is 0.599. The topological polar surface area (TPSA) is 9.23 Å². The molecule has 0 aromatic heterocycles. The number of hydrogen-bond donors (Lipinski definition) is 0. The first-order chi connectivity index (χ1) is 13.3. The molecule has 4 fully saturated rings. The van der Waals surface area contributed by atoms with Crippen LogP contribution >= 0.6 is 0 Å². The largest absolute Gasteiger partial charge is 0.378 e. The fourth-order valence-corrected chi connectivity index (χ4v) is 7.19. The zero-order chi connectivity index (χ0) is 18.5. The van der Waals surface area contributed by atoms with Crippen molar-refractivity contribution in [2.24, 2.45) is 35.5 Å². The fourth-order valence-electron chi connectivity index (χ4n) is 7.19. The van der Waals surface area contributed by atoms with Gasteiger partial charge >= 0.3 is 0 Å². The molecule has 0 radical (unpaired) electrons. The third-order valence-electron chi connectivity index (χ3n) is 9.22. The molecule has 0 saturated heterocycles. The van der Waals surface area contributed by atoms with Crippen molar-refractivity contribution in [1.82, 2.24) is 0 Å². The van der Waals surface area contributed by atoms with Gasteiger partial charge in [0, 0.05) is 6.61 Å². The fraction of sp³-hybridized carbons (Fsp3) is 1.00. The van der Waals surface area contributed by atoms with Crippen molar-refractivity contribution in [2.45, 2.75) is 122 Å². The first-order valence-corrected chi connectivity index (χ1v) is 12.9. The van der Waals surface area contributed by atoms with E-state index in [-0.39, 0.29) is 0 Å². The Morgan fingerprint density at radius 2 is 1.00 bits per heavy atom. The lowest BCUT2D eigenvalue weighted by atomic mass is 9.69. The lowest BCUT2D eigenvalue weighted by Crippen LogP contribution is -2.30. The van der Waals surface area contributed by atoms with E-state index < -0.39 is 0 Å². The molecule has 0 amide bonds. The summed E-state index contributed by atoms with van der Waals surface area (Å²) >= 11 is 0. The molecular weight excluding hydrogens is 328 g/mol. The Morgan fingerprint density at radius 1 is 0.519 bits per heavy atom. The van der Waals surface area contributed by atoms with Crippen molar-refractivity contribution in [3.8, 4) is 0 Å². The predicted octanol–water partition coefficient (Wildman–Crippen LogP) is 7.77. The van der Waals surface area contributed by atoms with Crippen molar-refractivity contribution in [3.63, 3.8) is 0 Å². The molecule has 27 heavy (non-hydrogen) atoms. The van der Waals surface area contributed by atoms with Crippen LogP contribution < -0.4 is 0 Å². The molecule has 0 heterocycles. The summed E-state index contributed by atoms with van der Waals surface area (Å²) in [4.78, 5) is 0. The van der Waals surface area contributed by atoms with E-state index in [1.165, 1.54) is 109 Å². The normalized spacial score (nSPS) is 42.1. The molecule has 1 heteroatoms. The smallest absolute Gasteiger partial charge is 0.0575 e. The molecule has 0 aromatic carbocycles. The van der Waals surface area contributed by atoms with Gasteiger partial charge in [-0.25, -0.2) is 0 Å². The molecule has 0 bridgehead atoms. The summed E-state index contributed by atoms with van der Waals surface area (Å²) in [7, 11) is 0. The number of rotatable bonds is 5. The summed E-state index contributed by atoms with van der Waals surface area (Å²) < 4.78 is 6.45. The van der Waals surface area contributed by atoms with Crippen molar-refractivity contribution < 1.29 is 4.74 Å². The van der Waals surface area contributed by atoms with Crippen molar-refractivity contribution in [1.29, 1.82) is 0 Å². The maximum absolute atomic E-state index is 6.45. The Bertz CT molecular complexity index is 402. The molecule has 156 valence electrons. The minimum absolute atomic E-state index is 0.599. The summed E-state index contributed by atoms with van der Waals surface area (Å²) in [6, 6.07) is 0. The van der Waals surface area contributed by atoms with Gasteiger partial charge in [-0.3, -0.25) is 0 Å². The number of ether oxygens (including phenoxy) is 1. The van der Waals surface area contributed by atoms with Crippen LogP contribution in [0.3, 0.4) is 0 Å². The molecule has 0 aliphatic heterocycles. The second-order valence-corrected chi connectivity index (χ2v) is 11.1. The van der Waals surface area contributed by atoms with Crippen LogP contribution in [0.1, 0.15) is 116 Å².